The van der Waals surface area contributed by atoms with Crippen molar-refractivity contribution >= 4 is 17.0 Å². The van der Waals surface area contributed by atoms with E-state index < -0.39 is 0 Å². The lowest BCUT2D eigenvalue weighted by Crippen LogP contribution is -2.31. The number of anilines is 1. The highest BCUT2D eigenvalue weighted by molar-refractivity contribution is 5.82. The van der Waals surface area contributed by atoms with Gasteiger partial charge in [0, 0.05) is 0 Å². The van der Waals surface area contributed by atoms with Crippen LogP contribution in [0.2, 0.25) is 0 Å². The van der Waals surface area contributed by atoms with Crippen molar-refractivity contribution in [3.05, 3.63) is 48.5 Å². The molecule has 0 unspecified atom stereocenters. The summed E-state index contributed by atoms with van der Waals surface area (Å²) in [5, 5.41) is 3.51. The lowest BCUT2D eigenvalue weighted by molar-refractivity contribution is 0.0394. The van der Waals surface area contributed by atoms with Gasteiger partial charge in [0.05, 0.1) is 25.1 Å². The standard InChI is InChI=1S/C17H19N5O/c1-2-5-12(6-3-1)9-23-14-8-4-7-13(14)22-17-15-16(19-10-18-15)20-11-21-17/h1-3,5-6,10-11,13-14H,4,7-9H2,(H2,18,19,20,21,22)/t13-,14+/m0/s1. The van der Waals surface area contributed by atoms with Crippen LogP contribution in [0.5, 0.6) is 0 Å². The van der Waals surface area contributed by atoms with Crippen LogP contribution in [0, 0.1) is 0 Å². The number of ether oxygens (including phenoxy) is 1. The van der Waals surface area contributed by atoms with Gasteiger partial charge in [-0.2, -0.15) is 0 Å². The van der Waals surface area contributed by atoms with Crippen molar-refractivity contribution in [2.45, 2.75) is 38.0 Å². The van der Waals surface area contributed by atoms with Crippen LogP contribution < -0.4 is 5.32 Å². The van der Waals surface area contributed by atoms with Gasteiger partial charge in [0.15, 0.2) is 11.5 Å². The highest BCUT2D eigenvalue weighted by atomic mass is 16.5. The van der Waals surface area contributed by atoms with Gasteiger partial charge < -0.3 is 15.0 Å². The summed E-state index contributed by atoms with van der Waals surface area (Å²) >= 11 is 0. The van der Waals surface area contributed by atoms with Gasteiger partial charge in [0.2, 0.25) is 0 Å². The second kappa shape index (κ2) is 6.34. The van der Waals surface area contributed by atoms with E-state index in [4.69, 9.17) is 4.74 Å². The Hall–Kier alpha value is -2.47. The van der Waals surface area contributed by atoms with E-state index in [2.05, 4.69) is 37.4 Å². The molecule has 0 spiro atoms. The summed E-state index contributed by atoms with van der Waals surface area (Å²) in [5.74, 6) is 0.799. The van der Waals surface area contributed by atoms with Gasteiger partial charge in [-0.15, -0.1) is 0 Å². The van der Waals surface area contributed by atoms with Crippen LogP contribution in [0.15, 0.2) is 43.0 Å². The lowest BCUT2D eigenvalue weighted by atomic mass is 10.2. The van der Waals surface area contributed by atoms with Crippen LogP contribution >= 0.6 is 0 Å². The SMILES string of the molecule is c1ccc(CO[C@@H]2CCC[C@@H]2Nc2ncnc3nc[nH]c23)cc1. The molecule has 2 heterocycles. The first-order chi connectivity index (χ1) is 11.4. The summed E-state index contributed by atoms with van der Waals surface area (Å²) in [6.45, 7) is 0.646. The molecule has 0 saturated heterocycles. The molecule has 0 aliphatic heterocycles. The summed E-state index contributed by atoms with van der Waals surface area (Å²) in [5.41, 5.74) is 2.74. The van der Waals surface area contributed by atoms with Gasteiger partial charge in [0.1, 0.15) is 11.8 Å². The quantitative estimate of drug-likeness (QED) is 0.758. The smallest absolute Gasteiger partial charge is 0.182 e. The number of fused-ring (bicyclic) bond motifs is 1. The fourth-order valence-electron chi connectivity index (χ4n) is 3.12. The number of aromatic amines is 1. The summed E-state index contributed by atoms with van der Waals surface area (Å²) in [7, 11) is 0. The first kappa shape index (κ1) is 14.1. The average Bonchev–Trinajstić information content (AvgIpc) is 3.23. The third-order valence-corrected chi connectivity index (χ3v) is 4.30. The summed E-state index contributed by atoms with van der Waals surface area (Å²) in [6.07, 6.45) is 6.70. The molecule has 2 aromatic heterocycles. The van der Waals surface area contributed by atoms with Crippen LogP contribution in [0.1, 0.15) is 24.8 Å². The fraction of sp³-hybridized carbons (Fsp3) is 0.353. The maximum absolute atomic E-state index is 6.14. The maximum Gasteiger partial charge on any atom is 0.182 e. The van der Waals surface area contributed by atoms with E-state index in [0.717, 1.165) is 30.6 Å². The van der Waals surface area contributed by atoms with Crippen molar-refractivity contribution in [2.24, 2.45) is 0 Å². The van der Waals surface area contributed by atoms with Gasteiger partial charge in [-0.1, -0.05) is 30.3 Å². The summed E-state index contributed by atoms with van der Waals surface area (Å²) < 4.78 is 6.14. The minimum absolute atomic E-state index is 0.197. The van der Waals surface area contributed by atoms with Crippen LogP contribution in [-0.2, 0) is 11.3 Å². The van der Waals surface area contributed by atoms with E-state index in [1.165, 1.54) is 5.56 Å². The Kier molecular flexibility index (Phi) is 3.90. The van der Waals surface area contributed by atoms with Crippen LogP contribution in [0.4, 0.5) is 5.82 Å². The van der Waals surface area contributed by atoms with Crippen molar-refractivity contribution < 1.29 is 4.74 Å². The number of hydrogen-bond acceptors (Lipinski definition) is 5. The minimum atomic E-state index is 0.197. The Morgan fingerprint density at radius 2 is 2.04 bits per heavy atom. The summed E-state index contributed by atoms with van der Waals surface area (Å²) in [4.78, 5) is 15.8. The molecular formula is C17H19N5O. The number of H-pyrrole nitrogens is 1. The van der Waals surface area contributed by atoms with E-state index in [1.807, 2.05) is 18.2 Å². The largest absolute Gasteiger partial charge is 0.371 e. The van der Waals surface area contributed by atoms with E-state index in [9.17, 15) is 0 Å². The molecule has 1 aliphatic carbocycles. The van der Waals surface area contributed by atoms with Crippen LogP contribution in [0.3, 0.4) is 0 Å². The highest BCUT2D eigenvalue weighted by Gasteiger charge is 2.28. The van der Waals surface area contributed by atoms with Gasteiger partial charge in [0.25, 0.3) is 0 Å². The number of imidazole rings is 1. The molecule has 1 aromatic carbocycles. The monoisotopic (exact) mass is 309 g/mol. The molecule has 0 radical (unpaired) electrons. The first-order valence-corrected chi connectivity index (χ1v) is 7.96. The predicted octanol–water partition coefficient (Wildman–Crippen LogP) is 2.90. The third-order valence-electron chi connectivity index (χ3n) is 4.30. The van der Waals surface area contributed by atoms with E-state index >= 15 is 0 Å². The Morgan fingerprint density at radius 3 is 2.96 bits per heavy atom. The van der Waals surface area contributed by atoms with Crippen molar-refractivity contribution in [2.75, 3.05) is 5.32 Å². The number of rotatable bonds is 5. The fourth-order valence-corrected chi connectivity index (χ4v) is 3.12. The molecule has 6 heteroatoms. The number of benzene rings is 1. The summed E-state index contributed by atoms with van der Waals surface area (Å²) in [6, 6.07) is 10.6. The third kappa shape index (κ3) is 3.03. The van der Waals surface area contributed by atoms with Gasteiger partial charge in [-0.25, -0.2) is 15.0 Å². The van der Waals surface area contributed by atoms with Crippen LogP contribution in [-0.4, -0.2) is 32.1 Å². The number of nitrogens with one attached hydrogen (secondary N) is 2. The molecule has 0 bridgehead atoms. The van der Waals surface area contributed by atoms with Gasteiger partial charge in [-0.3, -0.25) is 0 Å². The Balaban J connectivity index is 1.44. The zero-order valence-corrected chi connectivity index (χ0v) is 12.8. The molecule has 23 heavy (non-hydrogen) atoms. The minimum Gasteiger partial charge on any atom is -0.371 e. The molecule has 1 aliphatic rings. The van der Waals surface area contributed by atoms with Crippen molar-refractivity contribution in [3.63, 3.8) is 0 Å². The molecule has 2 atom stereocenters. The molecule has 3 aromatic rings. The van der Waals surface area contributed by atoms with E-state index in [-0.39, 0.29) is 12.1 Å². The lowest BCUT2D eigenvalue weighted by Gasteiger charge is -2.22. The van der Waals surface area contributed by atoms with Crippen molar-refractivity contribution in [1.29, 1.82) is 0 Å². The molecule has 1 saturated carbocycles. The Morgan fingerprint density at radius 1 is 1.13 bits per heavy atom. The van der Waals surface area contributed by atoms with Crippen molar-refractivity contribution in [3.8, 4) is 0 Å². The predicted molar refractivity (Wildman–Crippen MR) is 88.0 cm³/mol. The average molecular weight is 309 g/mol. The van der Waals surface area contributed by atoms with Gasteiger partial charge in [-0.05, 0) is 24.8 Å². The number of nitrogens with zero attached hydrogens (tertiary/aromatic N) is 3. The number of aromatic nitrogens is 4. The highest BCUT2D eigenvalue weighted by Crippen LogP contribution is 2.27. The normalized spacial score (nSPS) is 20.9. The topological polar surface area (TPSA) is 75.7 Å². The molecule has 6 nitrogen and oxygen atoms in total. The van der Waals surface area contributed by atoms with E-state index in [0.29, 0.717) is 12.3 Å². The number of hydrogen-bond donors (Lipinski definition) is 2. The second-order valence-corrected chi connectivity index (χ2v) is 5.84. The van der Waals surface area contributed by atoms with Gasteiger partial charge >= 0.3 is 0 Å². The second-order valence-electron chi connectivity index (χ2n) is 5.84. The van der Waals surface area contributed by atoms with E-state index in [1.54, 1.807) is 12.7 Å². The zero-order chi connectivity index (χ0) is 15.5. The molecule has 2 N–H and O–H groups in total. The Bertz CT molecular complexity index is 773. The Labute approximate surface area is 134 Å². The molecule has 118 valence electrons. The molecule has 4 rings (SSSR count). The zero-order valence-electron chi connectivity index (χ0n) is 12.8. The molecule has 1 fully saturated rings. The van der Waals surface area contributed by atoms with Crippen LogP contribution in [0.25, 0.3) is 11.2 Å². The van der Waals surface area contributed by atoms with Crippen molar-refractivity contribution in [1.82, 2.24) is 19.9 Å². The molecular weight excluding hydrogens is 290 g/mol. The first-order valence-electron chi connectivity index (χ1n) is 7.96. The molecule has 0 amide bonds. The maximum atomic E-state index is 6.14.